The maximum absolute atomic E-state index is 13.0. The number of alkyl halides is 6. The zero-order chi connectivity index (χ0) is 23.9. The summed E-state index contributed by atoms with van der Waals surface area (Å²) in [6.45, 7) is 0.212. The number of rotatable bonds is 4. The van der Waals surface area contributed by atoms with Crippen molar-refractivity contribution in [3.8, 4) is 0 Å². The molecule has 0 amide bonds. The molecule has 176 valence electrons. The number of nitrogens with two attached hydrogens (primary N) is 1. The van der Waals surface area contributed by atoms with Gasteiger partial charge in [-0.3, -0.25) is 0 Å². The normalized spacial score (nSPS) is 16.9. The van der Waals surface area contributed by atoms with E-state index < -0.39 is 33.5 Å². The predicted octanol–water partition coefficient (Wildman–Crippen LogP) is 1.88. The Balaban J connectivity index is 1.75. The van der Waals surface area contributed by atoms with Gasteiger partial charge in [0.15, 0.2) is 5.03 Å². The molecule has 2 heterocycles. The molecule has 1 aliphatic rings. The van der Waals surface area contributed by atoms with Crippen LogP contribution in [-0.2, 0) is 15.6 Å². The molecule has 0 unspecified atom stereocenters. The van der Waals surface area contributed by atoms with E-state index in [1.54, 1.807) is 4.90 Å². The van der Waals surface area contributed by atoms with Gasteiger partial charge >= 0.3 is 12.4 Å². The third kappa shape index (κ3) is 4.19. The zero-order valence-corrected chi connectivity index (χ0v) is 16.9. The molecule has 15 heteroatoms. The van der Waals surface area contributed by atoms with Crippen molar-refractivity contribution in [1.29, 1.82) is 0 Å². The van der Waals surface area contributed by atoms with Crippen molar-refractivity contribution < 1.29 is 39.9 Å². The second-order valence-electron chi connectivity index (χ2n) is 6.94. The number of piperazine rings is 1. The van der Waals surface area contributed by atoms with Gasteiger partial charge in [0.25, 0.3) is 15.6 Å². The van der Waals surface area contributed by atoms with Gasteiger partial charge < -0.3 is 15.7 Å². The molecule has 0 aliphatic carbocycles. The number of hydrogen-bond donors (Lipinski definition) is 2. The number of aromatic nitrogens is 2. The lowest BCUT2D eigenvalue weighted by Crippen LogP contribution is -2.54. The largest absolute Gasteiger partial charge is 0.430 e. The second-order valence-corrected chi connectivity index (χ2v) is 8.83. The summed E-state index contributed by atoms with van der Waals surface area (Å²) in [5.41, 5.74) is -0.724. The number of sulfonamides is 1. The Morgan fingerprint density at radius 3 is 1.81 bits per heavy atom. The Kier molecular flexibility index (Phi) is 6.03. The van der Waals surface area contributed by atoms with Gasteiger partial charge in [-0.05, 0) is 24.3 Å². The molecule has 1 aromatic heterocycles. The van der Waals surface area contributed by atoms with Crippen molar-refractivity contribution in [1.82, 2.24) is 14.5 Å². The van der Waals surface area contributed by atoms with Crippen LogP contribution in [0.4, 0.5) is 37.8 Å². The topological polar surface area (TPSA) is 113 Å². The molecule has 3 rings (SSSR count). The van der Waals surface area contributed by atoms with Crippen LogP contribution in [0.25, 0.3) is 0 Å². The number of nitrogen functional groups attached to an aromatic ring is 1. The van der Waals surface area contributed by atoms with E-state index in [-0.39, 0.29) is 42.7 Å². The van der Waals surface area contributed by atoms with Crippen molar-refractivity contribution in [2.24, 2.45) is 0 Å². The molecule has 1 fully saturated rings. The lowest BCUT2D eigenvalue weighted by atomic mass is 9.92. The summed E-state index contributed by atoms with van der Waals surface area (Å²) in [7, 11) is -3.95. The van der Waals surface area contributed by atoms with Crippen LogP contribution in [0.15, 0.2) is 41.4 Å². The minimum atomic E-state index is -5.97. The fourth-order valence-electron chi connectivity index (χ4n) is 3.19. The van der Waals surface area contributed by atoms with Gasteiger partial charge in [-0.2, -0.15) is 30.6 Å². The monoisotopic (exact) mass is 485 g/mol. The smallest absolute Gasteiger partial charge is 0.382 e. The molecule has 1 aromatic carbocycles. The minimum absolute atomic E-state index is 0.00875. The number of nitrogens with zero attached hydrogens (tertiary/aromatic N) is 4. The van der Waals surface area contributed by atoms with E-state index in [1.807, 2.05) is 0 Å². The first kappa shape index (κ1) is 24.0. The van der Waals surface area contributed by atoms with Crippen molar-refractivity contribution in [2.45, 2.75) is 23.0 Å². The number of benzene rings is 1. The zero-order valence-electron chi connectivity index (χ0n) is 16.1. The molecule has 3 N–H and O–H groups in total. The fourth-order valence-corrected chi connectivity index (χ4v) is 4.48. The molecule has 0 atom stereocenters. The standard InChI is InChI=1S/C17H17F6N5O3S/c18-16(19,20)15(29,17(21,22)23)11-1-3-12(4-2-11)27-7-9-28(10-8-27)32(30,31)14-6-5-13(24)25-26-14/h1-6,29H,7-10H2,(H2,24,25). The Bertz CT molecular complexity index is 1040. The van der Waals surface area contributed by atoms with E-state index in [9.17, 15) is 39.9 Å². The summed E-state index contributed by atoms with van der Waals surface area (Å²) in [5, 5.41) is 16.2. The maximum Gasteiger partial charge on any atom is 0.430 e. The van der Waals surface area contributed by atoms with Crippen molar-refractivity contribution in [2.75, 3.05) is 36.8 Å². The van der Waals surface area contributed by atoms with Gasteiger partial charge in [-0.1, -0.05) is 12.1 Å². The first-order chi connectivity index (χ1) is 14.7. The van der Waals surface area contributed by atoms with Gasteiger partial charge in [0, 0.05) is 37.4 Å². The lowest BCUT2D eigenvalue weighted by molar-refractivity contribution is -0.376. The number of aliphatic hydroxyl groups is 1. The van der Waals surface area contributed by atoms with Crippen molar-refractivity contribution in [3.05, 3.63) is 42.0 Å². The summed E-state index contributed by atoms with van der Waals surface area (Å²) in [4.78, 5) is 1.59. The highest BCUT2D eigenvalue weighted by atomic mass is 32.2. The van der Waals surface area contributed by atoms with Crippen LogP contribution in [0.1, 0.15) is 5.56 Å². The van der Waals surface area contributed by atoms with Crippen molar-refractivity contribution in [3.63, 3.8) is 0 Å². The molecule has 0 bridgehead atoms. The molecule has 0 spiro atoms. The molecule has 1 saturated heterocycles. The lowest BCUT2D eigenvalue weighted by Gasteiger charge is -2.36. The van der Waals surface area contributed by atoms with E-state index >= 15 is 0 Å². The molecule has 1 aliphatic heterocycles. The molecule has 32 heavy (non-hydrogen) atoms. The third-order valence-corrected chi connectivity index (χ3v) is 6.77. The van der Waals surface area contributed by atoms with E-state index in [0.29, 0.717) is 12.1 Å². The Hall–Kier alpha value is -2.65. The van der Waals surface area contributed by atoms with Crippen LogP contribution in [-0.4, -0.2) is 66.6 Å². The Morgan fingerprint density at radius 2 is 1.38 bits per heavy atom. The van der Waals surface area contributed by atoms with Crippen molar-refractivity contribution >= 4 is 21.5 Å². The van der Waals surface area contributed by atoms with Crippen LogP contribution in [0, 0.1) is 0 Å². The molecule has 0 saturated carbocycles. The van der Waals surface area contributed by atoms with Crippen LogP contribution < -0.4 is 10.6 Å². The number of hydrogen-bond acceptors (Lipinski definition) is 7. The van der Waals surface area contributed by atoms with Gasteiger partial charge in [-0.25, -0.2) is 8.42 Å². The van der Waals surface area contributed by atoms with Crippen LogP contribution in [0.2, 0.25) is 0 Å². The van der Waals surface area contributed by atoms with E-state index in [2.05, 4.69) is 10.2 Å². The summed E-state index contributed by atoms with van der Waals surface area (Å²) in [6.07, 6.45) is -11.9. The molecule has 2 aromatic rings. The Labute approximate surface area is 178 Å². The van der Waals surface area contributed by atoms with E-state index in [4.69, 9.17) is 5.73 Å². The van der Waals surface area contributed by atoms with Gasteiger partial charge in [-0.15, -0.1) is 10.2 Å². The Morgan fingerprint density at radius 1 is 0.844 bits per heavy atom. The number of halogens is 6. The van der Waals surface area contributed by atoms with Crippen LogP contribution in [0.3, 0.4) is 0 Å². The quantitative estimate of drug-likeness (QED) is 0.636. The average molecular weight is 485 g/mol. The van der Waals surface area contributed by atoms with Gasteiger partial charge in [0.1, 0.15) is 5.82 Å². The molecule has 0 radical (unpaired) electrons. The first-order valence-electron chi connectivity index (χ1n) is 8.98. The summed E-state index contributed by atoms with van der Waals surface area (Å²) in [5.74, 6) is 0.0418. The molecular formula is C17H17F6N5O3S. The highest BCUT2D eigenvalue weighted by Crippen LogP contribution is 2.50. The minimum Gasteiger partial charge on any atom is -0.382 e. The SMILES string of the molecule is Nc1ccc(S(=O)(=O)N2CCN(c3ccc(C(O)(C(F)(F)F)C(F)(F)F)cc3)CC2)nn1. The fraction of sp³-hybridized carbons (Fsp3) is 0.412. The molecular weight excluding hydrogens is 468 g/mol. The summed E-state index contributed by atoms with van der Waals surface area (Å²) >= 11 is 0. The summed E-state index contributed by atoms with van der Waals surface area (Å²) in [6, 6.07) is 5.58. The third-order valence-electron chi connectivity index (χ3n) is 4.97. The van der Waals surface area contributed by atoms with Crippen LogP contribution >= 0.6 is 0 Å². The first-order valence-corrected chi connectivity index (χ1v) is 10.4. The summed E-state index contributed by atoms with van der Waals surface area (Å²) < 4.78 is 104. The highest BCUT2D eigenvalue weighted by Gasteiger charge is 2.71. The number of anilines is 2. The van der Waals surface area contributed by atoms with Crippen LogP contribution in [0.5, 0.6) is 0 Å². The maximum atomic E-state index is 13.0. The predicted molar refractivity (Wildman–Crippen MR) is 99.9 cm³/mol. The van der Waals surface area contributed by atoms with E-state index in [1.165, 1.54) is 12.1 Å². The van der Waals surface area contributed by atoms with E-state index in [0.717, 1.165) is 16.4 Å². The van der Waals surface area contributed by atoms with Gasteiger partial charge in [0.05, 0.1) is 0 Å². The highest BCUT2D eigenvalue weighted by molar-refractivity contribution is 7.89. The molecule has 8 nitrogen and oxygen atoms in total. The second kappa shape index (κ2) is 8.04. The van der Waals surface area contributed by atoms with Gasteiger partial charge in [0.2, 0.25) is 0 Å². The average Bonchev–Trinajstić information content (AvgIpc) is 2.72.